The minimum absolute atomic E-state index is 0.294. The van der Waals surface area contributed by atoms with Crippen LogP contribution in [0.1, 0.15) is 0 Å². The van der Waals surface area contributed by atoms with Gasteiger partial charge in [-0.2, -0.15) is 13.2 Å². The summed E-state index contributed by atoms with van der Waals surface area (Å²) < 4.78 is 39.0. The van der Waals surface area contributed by atoms with Crippen LogP contribution in [0, 0.1) is 11.8 Å². The lowest BCUT2D eigenvalue weighted by Crippen LogP contribution is -2.35. The predicted molar refractivity (Wildman–Crippen MR) is 50.5 cm³/mol. The van der Waals surface area contributed by atoms with E-state index in [4.69, 9.17) is 0 Å². The first kappa shape index (κ1) is 13.1. The fraction of sp³-hybridized carbons (Fsp3) is 0.400. The van der Waals surface area contributed by atoms with Crippen LogP contribution in [0.3, 0.4) is 0 Å². The summed E-state index contributed by atoms with van der Waals surface area (Å²) in [6.45, 7) is -0.171. The first-order valence-electron chi connectivity index (χ1n) is 4.58. The van der Waals surface area contributed by atoms with Crippen LogP contribution in [-0.2, 0) is 14.3 Å². The Labute approximate surface area is 95.0 Å². The summed E-state index contributed by atoms with van der Waals surface area (Å²) >= 11 is 0. The van der Waals surface area contributed by atoms with Gasteiger partial charge in [-0.25, -0.2) is 4.79 Å². The summed E-state index contributed by atoms with van der Waals surface area (Å²) in [5.74, 6) is 0.430. The smallest absolute Gasteiger partial charge is 0.445 e. The van der Waals surface area contributed by atoms with Crippen molar-refractivity contribution in [2.45, 2.75) is 6.18 Å². The molecule has 0 aromatic carbocycles. The van der Waals surface area contributed by atoms with Crippen molar-refractivity contribution in [1.82, 2.24) is 4.90 Å². The van der Waals surface area contributed by atoms with Gasteiger partial charge in [-0.3, -0.25) is 4.79 Å². The highest BCUT2D eigenvalue weighted by atomic mass is 19.4. The molecule has 0 radical (unpaired) electrons. The second kappa shape index (κ2) is 5.39. The lowest BCUT2D eigenvalue weighted by molar-refractivity contribution is -0.158. The molecule has 1 heterocycles. The Morgan fingerprint density at radius 1 is 1.29 bits per heavy atom. The fourth-order valence-corrected chi connectivity index (χ4v) is 1.07. The molecule has 1 aliphatic heterocycles. The van der Waals surface area contributed by atoms with Gasteiger partial charge in [0.2, 0.25) is 0 Å². The second-order valence-corrected chi connectivity index (χ2v) is 3.06. The quantitative estimate of drug-likeness (QED) is 0.293. The SMILES string of the molecule is O=C(OCC#CC(F)(F)F)C(=O)N1CC=CC1. The lowest BCUT2D eigenvalue weighted by atomic mass is 10.5. The Hall–Kier alpha value is -1.97. The molecule has 0 saturated carbocycles. The van der Waals surface area contributed by atoms with Crippen LogP contribution in [0.2, 0.25) is 0 Å². The minimum Gasteiger partial charge on any atom is -0.445 e. The summed E-state index contributed by atoms with van der Waals surface area (Å²) in [4.78, 5) is 23.5. The van der Waals surface area contributed by atoms with Gasteiger partial charge in [-0.1, -0.05) is 18.1 Å². The van der Waals surface area contributed by atoms with Crippen LogP contribution in [-0.4, -0.2) is 42.6 Å². The second-order valence-electron chi connectivity index (χ2n) is 3.06. The van der Waals surface area contributed by atoms with Crippen LogP contribution < -0.4 is 0 Å². The molecule has 0 spiro atoms. The topological polar surface area (TPSA) is 46.6 Å². The molecule has 0 aliphatic carbocycles. The lowest BCUT2D eigenvalue weighted by Gasteiger charge is -2.12. The summed E-state index contributed by atoms with van der Waals surface area (Å²) in [5.41, 5.74) is 0. The number of alkyl halides is 3. The highest BCUT2D eigenvalue weighted by Crippen LogP contribution is 2.11. The van der Waals surface area contributed by atoms with Crippen LogP contribution in [0.25, 0.3) is 0 Å². The third kappa shape index (κ3) is 4.59. The molecule has 0 aromatic heterocycles. The van der Waals surface area contributed by atoms with Gasteiger partial charge in [0, 0.05) is 19.0 Å². The number of ether oxygens (including phenoxy) is 1. The zero-order chi connectivity index (χ0) is 12.9. The number of carbonyl (C=O) groups excluding carboxylic acids is 2. The first-order chi connectivity index (χ1) is 7.90. The Bertz CT molecular complexity index is 395. The molecule has 7 heteroatoms. The number of esters is 1. The highest BCUT2D eigenvalue weighted by molar-refractivity contribution is 6.32. The van der Waals surface area contributed by atoms with Gasteiger partial charge in [0.1, 0.15) is 0 Å². The van der Waals surface area contributed by atoms with E-state index in [1.165, 1.54) is 4.90 Å². The number of carbonyl (C=O) groups is 2. The van der Waals surface area contributed by atoms with E-state index >= 15 is 0 Å². The maximum Gasteiger partial charge on any atom is 0.457 e. The molecule has 0 N–H and O–H groups in total. The summed E-state index contributed by atoms with van der Waals surface area (Å²) in [5, 5.41) is 0. The Balaban J connectivity index is 2.34. The zero-order valence-electron chi connectivity index (χ0n) is 8.58. The molecule has 0 fully saturated rings. The standard InChI is InChI=1S/C10H8F3NO3/c11-10(12,13)4-3-7-17-9(16)8(15)14-5-1-2-6-14/h1-2H,5-7H2. The number of nitrogens with zero attached hydrogens (tertiary/aromatic N) is 1. The third-order valence-electron chi connectivity index (χ3n) is 1.79. The van der Waals surface area contributed by atoms with Crippen molar-refractivity contribution in [3.05, 3.63) is 12.2 Å². The van der Waals surface area contributed by atoms with Crippen LogP contribution in [0.4, 0.5) is 13.2 Å². The van der Waals surface area contributed by atoms with Crippen LogP contribution in [0.5, 0.6) is 0 Å². The summed E-state index contributed by atoms with van der Waals surface area (Å²) in [6, 6.07) is 0. The van der Waals surface area contributed by atoms with Gasteiger partial charge in [0.25, 0.3) is 0 Å². The van der Waals surface area contributed by atoms with Crippen molar-refractivity contribution >= 4 is 11.9 Å². The van der Waals surface area contributed by atoms with E-state index in [9.17, 15) is 22.8 Å². The average Bonchev–Trinajstić information content (AvgIpc) is 2.74. The molecular formula is C10H8F3NO3. The number of amides is 1. The van der Waals surface area contributed by atoms with Gasteiger partial charge >= 0.3 is 18.1 Å². The molecule has 17 heavy (non-hydrogen) atoms. The van der Waals surface area contributed by atoms with Crippen molar-refractivity contribution in [2.24, 2.45) is 0 Å². The highest BCUT2D eigenvalue weighted by Gasteiger charge is 2.24. The van der Waals surface area contributed by atoms with Crippen molar-refractivity contribution in [1.29, 1.82) is 0 Å². The van der Waals surface area contributed by atoms with Gasteiger partial charge in [0.05, 0.1) is 0 Å². The van der Waals surface area contributed by atoms with Gasteiger partial charge < -0.3 is 9.64 Å². The summed E-state index contributed by atoms with van der Waals surface area (Å²) in [7, 11) is 0. The van der Waals surface area contributed by atoms with E-state index in [0.29, 0.717) is 13.1 Å². The molecular weight excluding hydrogens is 239 g/mol. The first-order valence-corrected chi connectivity index (χ1v) is 4.58. The zero-order valence-corrected chi connectivity index (χ0v) is 8.58. The molecule has 0 saturated heterocycles. The van der Waals surface area contributed by atoms with Crippen molar-refractivity contribution in [3.63, 3.8) is 0 Å². The van der Waals surface area contributed by atoms with Gasteiger partial charge in [0.15, 0.2) is 6.61 Å². The van der Waals surface area contributed by atoms with Crippen LogP contribution in [0.15, 0.2) is 12.2 Å². The normalized spacial score (nSPS) is 14.2. The molecule has 0 atom stereocenters. The molecule has 0 aromatic rings. The maximum atomic E-state index is 11.6. The fourth-order valence-electron chi connectivity index (χ4n) is 1.07. The van der Waals surface area contributed by atoms with Crippen molar-refractivity contribution < 1.29 is 27.5 Å². The molecule has 1 amide bonds. The van der Waals surface area contributed by atoms with Crippen molar-refractivity contribution in [3.8, 4) is 11.8 Å². The molecule has 4 nitrogen and oxygen atoms in total. The van der Waals surface area contributed by atoms with E-state index in [-0.39, 0.29) is 0 Å². The van der Waals surface area contributed by atoms with E-state index in [1.807, 2.05) is 0 Å². The van der Waals surface area contributed by atoms with Crippen molar-refractivity contribution in [2.75, 3.05) is 19.7 Å². The minimum atomic E-state index is -4.63. The Morgan fingerprint density at radius 2 is 1.88 bits per heavy atom. The number of halogens is 3. The molecule has 1 rings (SSSR count). The van der Waals surface area contributed by atoms with E-state index in [1.54, 1.807) is 18.1 Å². The number of hydrogen-bond acceptors (Lipinski definition) is 3. The van der Waals surface area contributed by atoms with E-state index in [0.717, 1.165) is 5.92 Å². The Morgan fingerprint density at radius 3 is 2.41 bits per heavy atom. The van der Waals surface area contributed by atoms with Crippen LogP contribution >= 0.6 is 0 Å². The van der Waals surface area contributed by atoms with E-state index in [2.05, 4.69) is 4.74 Å². The van der Waals surface area contributed by atoms with Gasteiger partial charge in [-0.05, 0) is 0 Å². The average molecular weight is 247 g/mol. The number of rotatable bonds is 1. The van der Waals surface area contributed by atoms with Gasteiger partial charge in [-0.15, -0.1) is 0 Å². The molecule has 92 valence electrons. The summed E-state index contributed by atoms with van der Waals surface area (Å²) in [6.07, 6.45) is -1.25. The molecule has 0 bridgehead atoms. The Kier molecular flexibility index (Phi) is 4.15. The molecule has 0 unspecified atom stereocenters. The monoisotopic (exact) mass is 247 g/mol. The molecule has 1 aliphatic rings. The van der Waals surface area contributed by atoms with E-state index < -0.39 is 24.7 Å². The third-order valence-corrected chi connectivity index (χ3v) is 1.79. The maximum absolute atomic E-state index is 11.6. The predicted octanol–water partition coefficient (Wildman–Crippen LogP) is 0.494. The largest absolute Gasteiger partial charge is 0.457 e. The number of hydrogen-bond donors (Lipinski definition) is 0.